The fourth-order valence-electron chi connectivity index (χ4n) is 2.38. The average Bonchev–Trinajstić information content (AvgIpc) is 2.75. The van der Waals surface area contributed by atoms with Crippen LogP contribution in [0.4, 0.5) is 5.69 Å². The number of amides is 1. The summed E-state index contributed by atoms with van der Waals surface area (Å²) in [5.74, 6) is -0.272. The Balaban J connectivity index is 2.18. The number of hydrogen-bond donors (Lipinski definition) is 2. The minimum absolute atomic E-state index is 0.0703. The molecule has 1 fully saturated rings. The van der Waals surface area contributed by atoms with Gasteiger partial charge >= 0.3 is 0 Å². The van der Waals surface area contributed by atoms with Crippen LogP contribution in [0.5, 0.6) is 0 Å². The predicted octanol–water partition coefficient (Wildman–Crippen LogP) is 1.16. The Morgan fingerprint density at radius 1 is 1.32 bits per heavy atom. The van der Waals surface area contributed by atoms with E-state index in [1.54, 1.807) is 18.2 Å². The van der Waals surface area contributed by atoms with Crippen molar-refractivity contribution < 1.29 is 13.2 Å². The Kier molecular flexibility index (Phi) is 3.91. The molecule has 0 radical (unpaired) electrons. The molecule has 0 spiro atoms. The molecule has 2 unspecified atom stereocenters. The van der Waals surface area contributed by atoms with Gasteiger partial charge in [-0.05, 0) is 31.4 Å². The van der Waals surface area contributed by atoms with E-state index in [0.717, 1.165) is 19.1 Å². The van der Waals surface area contributed by atoms with Crippen molar-refractivity contribution in [3.8, 4) is 0 Å². The largest absolute Gasteiger partial charge is 0.328 e. The Bertz CT molecular complexity index is 583. The molecule has 19 heavy (non-hydrogen) atoms. The standard InChI is InChI=1S/C13H18N2O3S/c1-19(17,18)12-5-3-2-4-11(12)15-13(16)9-6-7-10(14)8-9/h2-5,9-10H,6-8,14H2,1H3,(H,15,16). The lowest BCUT2D eigenvalue weighted by Crippen LogP contribution is -2.24. The highest BCUT2D eigenvalue weighted by atomic mass is 32.2. The van der Waals surface area contributed by atoms with Gasteiger partial charge in [0, 0.05) is 18.2 Å². The number of hydrogen-bond acceptors (Lipinski definition) is 4. The van der Waals surface area contributed by atoms with Crippen molar-refractivity contribution in [2.45, 2.75) is 30.2 Å². The van der Waals surface area contributed by atoms with Crippen molar-refractivity contribution >= 4 is 21.4 Å². The molecule has 2 atom stereocenters. The molecule has 0 aromatic heterocycles. The van der Waals surface area contributed by atoms with Crippen LogP contribution < -0.4 is 11.1 Å². The van der Waals surface area contributed by atoms with Crippen molar-refractivity contribution in [2.24, 2.45) is 11.7 Å². The summed E-state index contributed by atoms with van der Waals surface area (Å²) in [4.78, 5) is 12.2. The maximum absolute atomic E-state index is 12.1. The normalized spacial score (nSPS) is 23.3. The van der Waals surface area contributed by atoms with E-state index in [-0.39, 0.29) is 22.8 Å². The Morgan fingerprint density at radius 2 is 2.00 bits per heavy atom. The highest BCUT2D eigenvalue weighted by Gasteiger charge is 2.28. The molecule has 1 saturated carbocycles. The van der Waals surface area contributed by atoms with E-state index in [4.69, 9.17) is 5.73 Å². The Morgan fingerprint density at radius 3 is 2.58 bits per heavy atom. The average molecular weight is 282 g/mol. The predicted molar refractivity (Wildman–Crippen MR) is 73.5 cm³/mol. The maximum Gasteiger partial charge on any atom is 0.227 e. The van der Waals surface area contributed by atoms with Crippen LogP contribution >= 0.6 is 0 Å². The second-order valence-corrected chi connectivity index (χ2v) is 7.01. The van der Waals surface area contributed by atoms with Crippen LogP contribution in [0.15, 0.2) is 29.2 Å². The van der Waals surface area contributed by atoms with E-state index in [2.05, 4.69) is 5.32 Å². The number of carbonyl (C=O) groups is 1. The van der Waals surface area contributed by atoms with Gasteiger partial charge in [-0.2, -0.15) is 0 Å². The first-order chi connectivity index (χ1) is 8.88. The highest BCUT2D eigenvalue weighted by Crippen LogP contribution is 2.27. The van der Waals surface area contributed by atoms with Gasteiger partial charge in [0.25, 0.3) is 0 Å². The molecule has 0 heterocycles. The summed E-state index contributed by atoms with van der Waals surface area (Å²) in [6.45, 7) is 0. The molecule has 0 bridgehead atoms. The van der Waals surface area contributed by atoms with E-state index in [0.29, 0.717) is 12.1 Å². The number of nitrogens with one attached hydrogen (secondary N) is 1. The summed E-state index contributed by atoms with van der Waals surface area (Å²) >= 11 is 0. The van der Waals surface area contributed by atoms with Crippen molar-refractivity contribution in [3.05, 3.63) is 24.3 Å². The molecule has 1 aromatic carbocycles. The zero-order valence-electron chi connectivity index (χ0n) is 10.8. The lowest BCUT2D eigenvalue weighted by atomic mass is 10.1. The van der Waals surface area contributed by atoms with Crippen molar-refractivity contribution in [3.63, 3.8) is 0 Å². The SMILES string of the molecule is CS(=O)(=O)c1ccccc1NC(=O)C1CCC(N)C1. The number of carbonyl (C=O) groups excluding carboxylic acids is 1. The van der Waals surface area contributed by atoms with Gasteiger partial charge in [-0.1, -0.05) is 12.1 Å². The molecule has 1 amide bonds. The lowest BCUT2D eigenvalue weighted by Gasteiger charge is -2.13. The van der Waals surface area contributed by atoms with Gasteiger partial charge in [0.1, 0.15) is 0 Å². The third kappa shape index (κ3) is 3.33. The number of anilines is 1. The van der Waals surface area contributed by atoms with Crippen molar-refractivity contribution in [2.75, 3.05) is 11.6 Å². The topological polar surface area (TPSA) is 89.3 Å². The van der Waals surface area contributed by atoms with E-state index in [1.807, 2.05) is 0 Å². The quantitative estimate of drug-likeness (QED) is 0.870. The van der Waals surface area contributed by atoms with E-state index in [1.165, 1.54) is 6.07 Å². The molecule has 1 aliphatic carbocycles. The zero-order chi connectivity index (χ0) is 14.0. The first kappa shape index (κ1) is 14.0. The van der Waals surface area contributed by atoms with Crippen LogP contribution in [0.2, 0.25) is 0 Å². The Hall–Kier alpha value is -1.40. The second-order valence-electron chi connectivity index (χ2n) is 5.03. The monoisotopic (exact) mass is 282 g/mol. The smallest absolute Gasteiger partial charge is 0.227 e. The fourth-order valence-corrected chi connectivity index (χ4v) is 3.23. The van der Waals surface area contributed by atoms with Gasteiger partial charge in [-0.3, -0.25) is 4.79 Å². The molecular formula is C13H18N2O3S. The molecule has 6 heteroatoms. The van der Waals surface area contributed by atoms with Crippen LogP contribution in [-0.2, 0) is 14.6 Å². The van der Waals surface area contributed by atoms with Gasteiger partial charge in [0.2, 0.25) is 5.91 Å². The number of benzene rings is 1. The van der Waals surface area contributed by atoms with Crippen molar-refractivity contribution in [1.29, 1.82) is 0 Å². The number of rotatable bonds is 3. The molecule has 5 nitrogen and oxygen atoms in total. The van der Waals surface area contributed by atoms with Crippen LogP contribution in [0.1, 0.15) is 19.3 Å². The summed E-state index contributed by atoms with van der Waals surface area (Å²) in [6, 6.07) is 6.50. The molecule has 1 aromatic rings. The van der Waals surface area contributed by atoms with Crippen molar-refractivity contribution in [1.82, 2.24) is 0 Å². The van der Waals surface area contributed by atoms with E-state index >= 15 is 0 Å². The van der Waals surface area contributed by atoms with Gasteiger partial charge < -0.3 is 11.1 Å². The van der Waals surface area contributed by atoms with Gasteiger partial charge in [0.05, 0.1) is 10.6 Å². The second kappa shape index (κ2) is 5.30. The number of sulfone groups is 1. The van der Waals surface area contributed by atoms with Crippen LogP contribution in [0.25, 0.3) is 0 Å². The van der Waals surface area contributed by atoms with Crippen LogP contribution in [-0.4, -0.2) is 26.6 Å². The summed E-state index contributed by atoms with van der Waals surface area (Å²) in [6.07, 6.45) is 3.39. The molecule has 104 valence electrons. The Labute approximate surface area is 113 Å². The minimum atomic E-state index is -3.35. The minimum Gasteiger partial charge on any atom is -0.328 e. The van der Waals surface area contributed by atoms with Crippen LogP contribution in [0.3, 0.4) is 0 Å². The number of para-hydroxylation sites is 1. The summed E-state index contributed by atoms with van der Waals surface area (Å²) in [7, 11) is -3.35. The molecule has 0 aliphatic heterocycles. The van der Waals surface area contributed by atoms with E-state index < -0.39 is 9.84 Å². The lowest BCUT2D eigenvalue weighted by molar-refractivity contribution is -0.119. The molecule has 0 saturated heterocycles. The van der Waals surface area contributed by atoms with Gasteiger partial charge in [0.15, 0.2) is 9.84 Å². The third-order valence-corrected chi connectivity index (χ3v) is 4.54. The molecular weight excluding hydrogens is 264 g/mol. The molecule has 1 aliphatic rings. The highest BCUT2D eigenvalue weighted by molar-refractivity contribution is 7.90. The third-order valence-electron chi connectivity index (χ3n) is 3.39. The maximum atomic E-state index is 12.1. The van der Waals surface area contributed by atoms with Gasteiger partial charge in [-0.15, -0.1) is 0 Å². The first-order valence-electron chi connectivity index (χ1n) is 6.23. The summed E-state index contributed by atoms with van der Waals surface area (Å²) < 4.78 is 23.3. The van der Waals surface area contributed by atoms with Crippen LogP contribution in [0, 0.1) is 5.92 Å². The van der Waals surface area contributed by atoms with E-state index in [9.17, 15) is 13.2 Å². The number of nitrogens with two attached hydrogens (primary N) is 1. The molecule has 3 N–H and O–H groups in total. The summed E-state index contributed by atoms with van der Waals surface area (Å²) in [5.41, 5.74) is 6.12. The fraction of sp³-hybridized carbons (Fsp3) is 0.462. The first-order valence-corrected chi connectivity index (χ1v) is 8.12. The zero-order valence-corrected chi connectivity index (χ0v) is 11.6. The molecule has 2 rings (SSSR count). The van der Waals surface area contributed by atoms with Gasteiger partial charge in [-0.25, -0.2) is 8.42 Å². The summed E-state index contributed by atoms with van der Waals surface area (Å²) in [5, 5.41) is 2.71.